The molecule has 0 spiro atoms. The second kappa shape index (κ2) is 8.66. The molecule has 3 aromatic rings. The number of methoxy groups -OCH3 is 1. The largest absolute Gasteiger partial charge is 0.374 e. The number of anilines is 1. The van der Waals surface area contributed by atoms with Crippen LogP contribution in [0.4, 0.5) is 5.82 Å². The highest BCUT2D eigenvalue weighted by Gasteiger charge is 2.22. The highest BCUT2D eigenvalue weighted by molar-refractivity contribution is 5.69. The number of aromatic nitrogens is 5. The predicted molar refractivity (Wildman–Crippen MR) is 104 cm³/mol. The fourth-order valence-electron chi connectivity index (χ4n) is 3.36. The maximum absolute atomic E-state index is 5.39. The van der Waals surface area contributed by atoms with Crippen LogP contribution in [0, 0.1) is 6.92 Å². The smallest absolute Gasteiger partial charge is 0.261 e. The molecule has 3 aromatic heterocycles. The summed E-state index contributed by atoms with van der Waals surface area (Å²) >= 11 is 0. The van der Waals surface area contributed by atoms with Gasteiger partial charge in [0.05, 0.1) is 12.1 Å². The van der Waals surface area contributed by atoms with Gasteiger partial charge in [-0.05, 0) is 32.4 Å². The third-order valence-electron chi connectivity index (χ3n) is 4.99. The number of pyridine rings is 1. The molecule has 0 amide bonds. The zero-order valence-corrected chi connectivity index (χ0v) is 16.9. The van der Waals surface area contributed by atoms with Crippen LogP contribution in [-0.2, 0) is 11.3 Å². The Kier molecular flexibility index (Phi) is 5.81. The van der Waals surface area contributed by atoms with Crippen molar-refractivity contribution in [2.45, 2.75) is 32.9 Å². The first-order chi connectivity index (χ1) is 14.1. The summed E-state index contributed by atoms with van der Waals surface area (Å²) in [7, 11) is 1.63. The molecular formula is C19H25N7O3. The van der Waals surface area contributed by atoms with Crippen LogP contribution in [-0.4, -0.2) is 63.5 Å². The van der Waals surface area contributed by atoms with Crippen LogP contribution in [0.3, 0.4) is 0 Å². The first-order valence-electron chi connectivity index (χ1n) is 9.72. The minimum absolute atomic E-state index is 0.178. The van der Waals surface area contributed by atoms with Crippen LogP contribution >= 0.6 is 0 Å². The van der Waals surface area contributed by atoms with Crippen LogP contribution in [0.5, 0.6) is 0 Å². The van der Waals surface area contributed by atoms with Gasteiger partial charge in [0.2, 0.25) is 5.89 Å². The van der Waals surface area contributed by atoms with Crippen molar-refractivity contribution < 1.29 is 13.8 Å². The number of nitrogens with zero attached hydrogens (tertiary/aromatic N) is 7. The van der Waals surface area contributed by atoms with Crippen molar-refractivity contribution >= 4 is 5.82 Å². The second-order valence-electron chi connectivity index (χ2n) is 7.06. The van der Waals surface area contributed by atoms with Crippen LogP contribution < -0.4 is 4.90 Å². The summed E-state index contributed by atoms with van der Waals surface area (Å²) in [6, 6.07) is 3.85. The summed E-state index contributed by atoms with van der Waals surface area (Å²) in [5.41, 5.74) is 0.858. The van der Waals surface area contributed by atoms with E-state index in [-0.39, 0.29) is 6.10 Å². The lowest BCUT2D eigenvalue weighted by atomic mass is 10.2. The van der Waals surface area contributed by atoms with Crippen molar-refractivity contribution in [2.75, 3.05) is 38.2 Å². The van der Waals surface area contributed by atoms with Crippen molar-refractivity contribution in [3.05, 3.63) is 35.9 Å². The maximum Gasteiger partial charge on any atom is 0.261 e. The van der Waals surface area contributed by atoms with Crippen LogP contribution in [0.1, 0.15) is 37.0 Å². The average molecular weight is 399 g/mol. The Hall–Kier alpha value is -2.85. The van der Waals surface area contributed by atoms with Gasteiger partial charge in [-0.15, -0.1) is 0 Å². The number of ether oxygens (including phenoxy) is 1. The quantitative estimate of drug-likeness (QED) is 0.612. The Labute approximate surface area is 168 Å². The minimum atomic E-state index is -0.178. The van der Waals surface area contributed by atoms with E-state index in [1.54, 1.807) is 13.3 Å². The molecule has 10 heteroatoms. The SMILES string of the molecule is COC(C)c1noc(CN2CCCN(c3ncccc3-c3nc(C)no3)CC2)n1. The summed E-state index contributed by atoms with van der Waals surface area (Å²) in [5.74, 6) is 3.16. The number of hydrogen-bond donors (Lipinski definition) is 0. The Bertz CT molecular complexity index is 941. The fourth-order valence-corrected chi connectivity index (χ4v) is 3.36. The van der Waals surface area contributed by atoms with Crippen molar-refractivity contribution in [1.82, 2.24) is 30.2 Å². The van der Waals surface area contributed by atoms with Gasteiger partial charge in [-0.3, -0.25) is 4.90 Å². The summed E-state index contributed by atoms with van der Waals surface area (Å²) in [4.78, 5) is 18.0. The molecule has 4 heterocycles. The van der Waals surface area contributed by atoms with Crippen molar-refractivity contribution in [3.8, 4) is 11.5 Å². The van der Waals surface area contributed by atoms with Gasteiger partial charge in [-0.1, -0.05) is 10.3 Å². The molecule has 0 aliphatic carbocycles. The zero-order chi connectivity index (χ0) is 20.2. The predicted octanol–water partition coefficient (Wildman–Crippen LogP) is 2.24. The molecule has 1 unspecified atom stereocenters. The Morgan fingerprint density at radius 2 is 2.03 bits per heavy atom. The summed E-state index contributed by atoms with van der Waals surface area (Å²) in [5, 5.41) is 7.91. The monoisotopic (exact) mass is 399 g/mol. The Balaban J connectivity index is 1.44. The summed E-state index contributed by atoms with van der Waals surface area (Å²) in [6.07, 6.45) is 2.61. The van der Waals surface area contributed by atoms with Crippen LogP contribution in [0.2, 0.25) is 0 Å². The third kappa shape index (κ3) is 4.43. The van der Waals surface area contributed by atoms with Crippen LogP contribution in [0.25, 0.3) is 11.5 Å². The minimum Gasteiger partial charge on any atom is -0.374 e. The highest BCUT2D eigenvalue weighted by atomic mass is 16.5. The standard InChI is InChI=1S/C19H25N7O3/c1-13(27-3)17-22-16(28-24-17)12-25-8-5-9-26(11-10-25)18-15(6-4-7-20-18)19-21-14(2)23-29-19/h4,6-7,13H,5,8-12H2,1-3H3. The molecule has 0 bridgehead atoms. The number of hydrogen-bond acceptors (Lipinski definition) is 10. The Morgan fingerprint density at radius 3 is 2.83 bits per heavy atom. The van der Waals surface area contributed by atoms with E-state index in [9.17, 15) is 0 Å². The van der Waals surface area contributed by atoms with E-state index in [1.807, 2.05) is 26.0 Å². The van der Waals surface area contributed by atoms with E-state index in [1.165, 1.54) is 0 Å². The molecule has 0 aromatic carbocycles. The van der Waals surface area contributed by atoms with E-state index in [0.717, 1.165) is 44.0 Å². The van der Waals surface area contributed by atoms with E-state index < -0.39 is 0 Å². The second-order valence-corrected chi connectivity index (χ2v) is 7.06. The fraction of sp³-hybridized carbons (Fsp3) is 0.526. The molecule has 10 nitrogen and oxygen atoms in total. The van der Waals surface area contributed by atoms with Gasteiger partial charge in [0.15, 0.2) is 11.6 Å². The molecule has 0 N–H and O–H groups in total. The molecule has 154 valence electrons. The molecule has 1 atom stereocenters. The lowest BCUT2D eigenvalue weighted by Crippen LogP contribution is -2.31. The molecule has 0 radical (unpaired) electrons. The molecular weight excluding hydrogens is 374 g/mol. The van der Waals surface area contributed by atoms with Gasteiger partial charge in [0.1, 0.15) is 11.9 Å². The molecule has 1 fully saturated rings. The lowest BCUT2D eigenvalue weighted by molar-refractivity contribution is 0.109. The number of rotatable bonds is 6. The molecule has 0 saturated carbocycles. The van der Waals surface area contributed by atoms with Gasteiger partial charge in [0.25, 0.3) is 5.89 Å². The molecule has 4 rings (SSSR count). The van der Waals surface area contributed by atoms with Gasteiger partial charge in [-0.25, -0.2) is 4.98 Å². The summed E-state index contributed by atoms with van der Waals surface area (Å²) < 4.78 is 16.0. The number of aryl methyl sites for hydroxylation is 1. The zero-order valence-electron chi connectivity index (χ0n) is 16.9. The first-order valence-corrected chi connectivity index (χ1v) is 9.72. The maximum atomic E-state index is 5.39. The van der Waals surface area contributed by atoms with Crippen molar-refractivity contribution in [1.29, 1.82) is 0 Å². The molecule has 29 heavy (non-hydrogen) atoms. The van der Waals surface area contributed by atoms with E-state index in [4.69, 9.17) is 13.8 Å². The lowest BCUT2D eigenvalue weighted by Gasteiger charge is -2.23. The normalized spacial score (nSPS) is 16.7. The third-order valence-corrected chi connectivity index (χ3v) is 4.99. The van der Waals surface area contributed by atoms with E-state index in [0.29, 0.717) is 30.0 Å². The van der Waals surface area contributed by atoms with Gasteiger partial charge in [-0.2, -0.15) is 9.97 Å². The topological polar surface area (TPSA) is 106 Å². The molecule has 1 aliphatic rings. The Morgan fingerprint density at radius 1 is 1.14 bits per heavy atom. The first kappa shape index (κ1) is 19.5. The van der Waals surface area contributed by atoms with Crippen molar-refractivity contribution in [2.24, 2.45) is 0 Å². The molecule has 1 aliphatic heterocycles. The van der Waals surface area contributed by atoms with Gasteiger partial charge < -0.3 is 18.7 Å². The average Bonchev–Trinajstić information content (AvgIpc) is 3.32. The van der Waals surface area contributed by atoms with E-state index >= 15 is 0 Å². The van der Waals surface area contributed by atoms with Gasteiger partial charge in [0, 0.05) is 39.5 Å². The van der Waals surface area contributed by atoms with Gasteiger partial charge >= 0.3 is 0 Å². The van der Waals surface area contributed by atoms with E-state index in [2.05, 4.69) is 35.1 Å². The van der Waals surface area contributed by atoms with Crippen LogP contribution in [0.15, 0.2) is 27.4 Å². The summed E-state index contributed by atoms with van der Waals surface area (Å²) in [6.45, 7) is 7.84. The highest BCUT2D eigenvalue weighted by Crippen LogP contribution is 2.28. The molecule has 1 saturated heterocycles. The van der Waals surface area contributed by atoms with Crippen molar-refractivity contribution in [3.63, 3.8) is 0 Å².